The van der Waals surface area contributed by atoms with E-state index in [4.69, 9.17) is 9.37 Å². The molecule has 13 nitrogen and oxygen atoms in total. The summed E-state index contributed by atoms with van der Waals surface area (Å²) in [6.45, 7) is 1.34. The number of fused-ring (bicyclic) bond motifs is 2. The Morgan fingerprint density at radius 3 is 2.58 bits per heavy atom. The average molecular weight is 609 g/mol. The van der Waals surface area contributed by atoms with E-state index in [9.17, 15) is 24.0 Å². The van der Waals surface area contributed by atoms with Gasteiger partial charge in [0.2, 0.25) is 23.6 Å². The van der Waals surface area contributed by atoms with Crippen LogP contribution in [0.4, 0.5) is 0 Å². The van der Waals surface area contributed by atoms with Crippen LogP contribution < -0.4 is 10.6 Å². The zero-order valence-corrected chi connectivity index (χ0v) is 24.8. The molecule has 14 heteroatoms. The molecule has 1 aromatic heterocycles. The van der Waals surface area contributed by atoms with Crippen LogP contribution >= 0.6 is 11.8 Å². The number of nitrogens with one attached hydrogen (secondary N) is 2. The molecule has 3 aromatic rings. The second-order valence-electron chi connectivity index (χ2n) is 10.6. The van der Waals surface area contributed by atoms with Crippen LogP contribution in [-0.2, 0) is 29.7 Å². The maximum Gasteiger partial charge on any atom is 0.338 e. The fourth-order valence-corrected chi connectivity index (χ4v) is 6.45. The lowest BCUT2D eigenvalue weighted by molar-refractivity contribution is -0.139. The van der Waals surface area contributed by atoms with Gasteiger partial charge in [-0.2, -0.15) is 11.8 Å². The number of benzene rings is 2. The highest BCUT2D eigenvalue weighted by Gasteiger charge is 2.36. The van der Waals surface area contributed by atoms with Gasteiger partial charge in [0.1, 0.15) is 35.8 Å². The van der Waals surface area contributed by atoms with Crippen LogP contribution in [0.5, 0.6) is 0 Å². The number of hydrogen-bond donors (Lipinski definition) is 2. The van der Waals surface area contributed by atoms with Gasteiger partial charge >= 0.3 is 5.97 Å². The van der Waals surface area contributed by atoms with Crippen molar-refractivity contribution in [1.82, 2.24) is 30.7 Å². The summed E-state index contributed by atoms with van der Waals surface area (Å²) in [6.07, 6.45) is 1.10. The van der Waals surface area contributed by atoms with Gasteiger partial charge in [-0.3, -0.25) is 19.2 Å². The fourth-order valence-electron chi connectivity index (χ4n) is 5.35. The summed E-state index contributed by atoms with van der Waals surface area (Å²) in [5, 5.41) is 13.4. The van der Waals surface area contributed by atoms with Crippen molar-refractivity contribution < 1.29 is 33.3 Å². The maximum atomic E-state index is 13.5. The molecule has 3 heterocycles. The minimum Gasteiger partial charge on any atom is -0.459 e. The van der Waals surface area contributed by atoms with E-state index in [0.717, 1.165) is 5.56 Å². The number of esters is 1. The highest BCUT2D eigenvalue weighted by atomic mass is 32.2. The molecular formula is C29H32N6O7S. The molecule has 3 atom stereocenters. The Morgan fingerprint density at radius 2 is 1.81 bits per heavy atom. The largest absolute Gasteiger partial charge is 0.459 e. The first-order valence-corrected chi connectivity index (χ1v) is 15.0. The number of ether oxygens (including phenoxy) is 1. The number of rotatable bonds is 4. The number of carbonyl (C=O) groups excluding carboxylic acids is 5. The minimum atomic E-state index is -1.30. The Kier molecular flexibility index (Phi) is 8.94. The van der Waals surface area contributed by atoms with Crippen molar-refractivity contribution in [2.75, 3.05) is 33.0 Å². The van der Waals surface area contributed by atoms with Gasteiger partial charge in [0, 0.05) is 44.6 Å². The topological polar surface area (TPSA) is 164 Å². The molecule has 0 aliphatic carbocycles. The van der Waals surface area contributed by atoms with Gasteiger partial charge in [-0.15, -0.1) is 0 Å². The molecule has 4 amide bonds. The highest BCUT2D eigenvalue weighted by molar-refractivity contribution is 7.98. The van der Waals surface area contributed by atoms with E-state index in [1.807, 2.05) is 18.2 Å². The summed E-state index contributed by atoms with van der Waals surface area (Å²) in [5.41, 5.74) is 3.44. The third-order valence-electron chi connectivity index (χ3n) is 7.53. The van der Waals surface area contributed by atoms with Gasteiger partial charge in [-0.05, 0) is 46.4 Å². The zero-order chi connectivity index (χ0) is 30.7. The first-order chi connectivity index (χ1) is 20.7. The van der Waals surface area contributed by atoms with Gasteiger partial charge in [-0.1, -0.05) is 24.3 Å². The summed E-state index contributed by atoms with van der Waals surface area (Å²) in [5.74, 6) is -1.94. The van der Waals surface area contributed by atoms with Crippen molar-refractivity contribution in [1.29, 1.82) is 0 Å². The Bertz CT molecular complexity index is 1570. The van der Waals surface area contributed by atoms with Crippen LogP contribution in [0.3, 0.4) is 0 Å². The van der Waals surface area contributed by atoms with E-state index in [-0.39, 0.29) is 23.1 Å². The lowest BCUT2D eigenvalue weighted by atomic mass is 9.95. The third kappa shape index (κ3) is 6.33. The second kappa shape index (κ2) is 12.8. The van der Waals surface area contributed by atoms with E-state index in [0.29, 0.717) is 47.3 Å². The van der Waals surface area contributed by atoms with E-state index in [1.54, 1.807) is 32.3 Å². The van der Waals surface area contributed by atoms with Gasteiger partial charge in [0.05, 0.1) is 5.56 Å². The molecule has 43 heavy (non-hydrogen) atoms. The second-order valence-corrected chi connectivity index (χ2v) is 11.6. The van der Waals surface area contributed by atoms with Crippen molar-refractivity contribution in [2.24, 2.45) is 0 Å². The smallest absolute Gasteiger partial charge is 0.338 e. The summed E-state index contributed by atoms with van der Waals surface area (Å²) < 4.78 is 10.6. The van der Waals surface area contributed by atoms with Crippen LogP contribution in [0.1, 0.15) is 35.7 Å². The number of nitrogens with zero attached hydrogens (tertiary/aromatic N) is 4. The number of thioether (sulfide) groups is 1. The number of likely N-dealkylation sites (tertiary alicyclic amines) is 1. The molecule has 2 aliphatic rings. The molecule has 2 aromatic carbocycles. The first-order valence-electron chi connectivity index (χ1n) is 13.8. The Balaban J connectivity index is 1.49. The summed E-state index contributed by atoms with van der Waals surface area (Å²) in [7, 11) is 3.18. The van der Waals surface area contributed by atoms with Crippen LogP contribution in [0.25, 0.3) is 22.2 Å². The SMILES string of the molecule is CC(=O)N1CCC[C@H]1C(=O)N[C@@H]1COC(=O)c2cccc(-c3cccc4nonc34)c2CSC[C@H](C(=O)N(C)C)NC1=O. The van der Waals surface area contributed by atoms with Crippen LogP contribution in [0, 0.1) is 0 Å². The van der Waals surface area contributed by atoms with Crippen molar-refractivity contribution in [3.05, 3.63) is 47.5 Å². The van der Waals surface area contributed by atoms with Gasteiger partial charge < -0.3 is 25.2 Å². The van der Waals surface area contributed by atoms with E-state index >= 15 is 0 Å². The standard InChI is InChI=1S/C29H32N6O7S/c1-16(36)35-12-6-11-24(35)27(38)30-22-13-41-29(40)19-9-4-7-17(18-8-5-10-21-25(18)33-42-32-21)20(19)14-43-15-23(31-26(22)37)28(39)34(2)3/h4-5,7-10,22-24H,6,11-15H2,1-3H3,(H,30,38)(H,31,37)/t22-,23-,24+/m1/s1. The molecule has 2 aliphatic heterocycles. The normalized spacial score (nSPS) is 21.2. The predicted molar refractivity (Wildman–Crippen MR) is 157 cm³/mol. The van der Waals surface area contributed by atoms with Crippen molar-refractivity contribution in [3.63, 3.8) is 0 Å². The number of cyclic esters (lactones) is 1. The number of aromatic nitrogens is 2. The molecule has 0 bridgehead atoms. The summed E-state index contributed by atoms with van der Waals surface area (Å²) in [4.78, 5) is 68.1. The lowest BCUT2D eigenvalue weighted by Crippen LogP contribution is -2.58. The monoisotopic (exact) mass is 608 g/mol. The third-order valence-corrected chi connectivity index (χ3v) is 8.59. The number of carbonyl (C=O) groups is 5. The molecule has 226 valence electrons. The van der Waals surface area contributed by atoms with Crippen molar-refractivity contribution in [2.45, 2.75) is 43.6 Å². The summed E-state index contributed by atoms with van der Waals surface area (Å²) in [6, 6.07) is 7.69. The molecule has 0 radical (unpaired) electrons. The molecule has 0 unspecified atom stereocenters. The first kappa shape index (κ1) is 30.0. The Labute approximate surface area is 251 Å². The lowest BCUT2D eigenvalue weighted by Gasteiger charge is -2.28. The average Bonchev–Trinajstić information content (AvgIpc) is 3.68. The van der Waals surface area contributed by atoms with Crippen molar-refractivity contribution in [3.8, 4) is 11.1 Å². The van der Waals surface area contributed by atoms with Gasteiger partial charge in [0.25, 0.3) is 0 Å². The van der Waals surface area contributed by atoms with Gasteiger partial charge in [0.15, 0.2) is 0 Å². The number of amides is 4. The molecule has 1 fully saturated rings. The maximum absolute atomic E-state index is 13.5. The molecule has 0 spiro atoms. The Hall–Kier alpha value is -4.46. The van der Waals surface area contributed by atoms with Gasteiger partial charge in [-0.25, -0.2) is 9.42 Å². The number of likely N-dealkylation sites (N-methyl/N-ethyl adjacent to an activating group) is 1. The predicted octanol–water partition coefficient (Wildman–Crippen LogP) is 1.36. The molecular weight excluding hydrogens is 576 g/mol. The zero-order valence-electron chi connectivity index (χ0n) is 24.0. The van der Waals surface area contributed by atoms with E-state index in [1.165, 1.54) is 28.5 Å². The molecule has 0 saturated carbocycles. The Morgan fingerprint density at radius 1 is 1.07 bits per heavy atom. The fraction of sp³-hybridized carbons (Fsp3) is 0.414. The number of hydrogen-bond acceptors (Lipinski definition) is 10. The highest BCUT2D eigenvalue weighted by Crippen LogP contribution is 2.34. The van der Waals surface area contributed by atoms with Crippen LogP contribution in [0.2, 0.25) is 0 Å². The van der Waals surface area contributed by atoms with Crippen LogP contribution in [0.15, 0.2) is 41.0 Å². The van der Waals surface area contributed by atoms with Crippen molar-refractivity contribution >= 4 is 52.4 Å². The minimum absolute atomic E-state index is 0.197. The molecule has 5 rings (SSSR count). The molecule has 1 saturated heterocycles. The van der Waals surface area contributed by atoms with Crippen LogP contribution in [-0.4, -0.2) is 101 Å². The van der Waals surface area contributed by atoms with E-state index < -0.39 is 42.5 Å². The molecule has 2 N–H and O–H groups in total. The van der Waals surface area contributed by atoms with E-state index in [2.05, 4.69) is 20.9 Å². The quantitative estimate of drug-likeness (QED) is 0.414. The summed E-state index contributed by atoms with van der Waals surface area (Å²) >= 11 is 1.36.